The van der Waals surface area contributed by atoms with Gasteiger partial charge in [0.15, 0.2) is 0 Å². The molecule has 1 aliphatic rings. The van der Waals surface area contributed by atoms with Crippen molar-refractivity contribution in [2.24, 2.45) is 0 Å². The van der Waals surface area contributed by atoms with E-state index in [-0.39, 0.29) is 5.91 Å². The number of hydrogen-bond donors (Lipinski definition) is 2. The van der Waals surface area contributed by atoms with E-state index in [1.54, 1.807) is 0 Å². The Balaban J connectivity index is 1.78. The quantitative estimate of drug-likeness (QED) is 0.861. The third kappa shape index (κ3) is 2.45. The smallest absolute Gasteiger partial charge is 0.255 e. The Hall–Kier alpha value is -2.29. The number of anilines is 2. The molecule has 0 spiro atoms. The maximum absolute atomic E-state index is 12.2. The van der Waals surface area contributed by atoms with Crippen LogP contribution >= 0.6 is 0 Å². The van der Waals surface area contributed by atoms with Crippen molar-refractivity contribution >= 4 is 17.3 Å². The van der Waals surface area contributed by atoms with Crippen LogP contribution in [0.25, 0.3) is 0 Å². The summed E-state index contributed by atoms with van der Waals surface area (Å²) in [4.78, 5) is 12.2. The van der Waals surface area contributed by atoms with E-state index < -0.39 is 0 Å². The molecule has 0 aromatic heterocycles. The second-order valence-corrected chi connectivity index (χ2v) is 4.87. The van der Waals surface area contributed by atoms with Crippen LogP contribution in [0.15, 0.2) is 42.5 Å². The number of benzene rings is 2. The van der Waals surface area contributed by atoms with Gasteiger partial charge in [-0.2, -0.15) is 0 Å². The van der Waals surface area contributed by atoms with Crippen LogP contribution in [0.1, 0.15) is 21.5 Å². The van der Waals surface area contributed by atoms with Crippen LogP contribution < -0.4 is 10.6 Å². The van der Waals surface area contributed by atoms with Gasteiger partial charge in [-0.15, -0.1) is 0 Å². The average molecular weight is 252 g/mol. The molecule has 0 aliphatic carbocycles. The highest BCUT2D eigenvalue weighted by Gasteiger charge is 2.13. The van der Waals surface area contributed by atoms with Gasteiger partial charge >= 0.3 is 0 Å². The van der Waals surface area contributed by atoms with Crippen molar-refractivity contribution in [3.8, 4) is 0 Å². The topological polar surface area (TPSA) is 41.1 Å². The number of carbonyl (C=O) groups is 1. The fourth-order valence-corrected chi connectivity index (χ4v) is 2.27. The first-order chi connectivity index (χ1) is 9.22. The lowest BCUT2D eigenvalue weighted by molar-refractivity contribution is 0.102. The molecular formula is C16H16N2O. The van der Waals surface area contributed by atoms with Gasteiger partial charge in [0.25, 0.3) is 5.91 Å². The van der Waals surface area contributed by atoms with Crippen LogP contribution in [0, 0.1) is 6.92 Å². The van der Waals surface area contributed by atoms with E-state index in [2.05, 4.69) is 10.6 Å². The molecule has 2 N–H and O–H groups in total. The lowest BCUT2D eigenvalue weighted by Crippen LogP contribution is -2.12. The minimum atomic E-state index is -0.0691. The molecule has 0 saturated carbocycles. The average Bonchev–Trinajstić information content (AvgIpc) is 2.88. The molecule has 0 fully saturated rings. The summed E-state index contributed by atoms with van der Waals surface area (Å²) >= 11 is 0. The number of amides is 1. The molecule has 1 heterocycles. The van der Waals surface area contributed by atoms with Gasteiger partial charge in [-0.1, -0.05) is 23.8 Å². The zero-order chi connectivity index (χ0) is 13.2. The maximum Gasteiger partial charge on any atom is 0.255 e. The normalized spacial score (nSPS) is 12.7. The highest BCUT2D eigenvalue weighted by molar-refractivity contribution is 6.05. The molecule has 1 amide bonds. The SMILES string of the molecule is Cc1ccc(NC(=O)c2ccc3c(c2)NCC3)cc1. The standard InChI is InChI=1S/C16H16N2O/c1-11-2-6-14(7-3-11)18-16(19)13-5-4-12-8-9-17-15(12)10-13/h2-7,10,17H,8-9H2,1H3,(H,18,19). The van der Waals surface area contributed by atoms with Gasteiger partial charge in [0.1, 0.15) is 0 Å². The van der Waals surface area contributed by atoms with Gasteiger partial charge in [-0.05, 0) is 43.2 Å². The predicted octanol–water partition coefficient (Wildman–Crippen LogP) is 3.22. The highest BCUT2D eigenvalue weighted by Crippen LogP contribution is 2.23. The second kappa shape index (κ2) is 4.76. The van der Waals surface area contributed by atoms with Crippen molar-refractivity contribution in [2.75, 3.05) is 17.2 Å². The van der Waals surface area contributed by atoms with Gasteiger partial charge < -0.3 is 10.6 Å². The molecule has 19 heavy (non-hydrogen) atoms. The van der Waals surface area contributed by atoms with Gasteiger partial charge in [0, 0.05) is 23.5 Å². The molecule has 2 aromatic rings. The zero-order valence-electron chi connectivity index (χ0n) is 10.9. The van der Waals surface area contributed by atoms with Gasteiger partial charge in [0.2, 0.25) is 0 Å². The fourth-order valence-electron chi connectivity index (χ4n) is 2.27. The Labute approximate surface area is 112 Å². The van der Waals surface area contributed by atoms with Gasteiger partial charge in [0.05, 0.1) is 0 Å². The van der Waals surface area contributed by atoms with E-state index in [9.17, 15) is 4.79 Å². The molecule has 0 atom stereocenters. The molecule has 3 heteroatoms. The molecule has 1 aliphatic heterocycles. The molecule has 3 nitrogen and oxygen atoms in total. The van der Waals surface area contributed by atoms with E-state index in [1.807, 2.05) is 49.4 Å². The summed E-state index contributed by atoms with van der Waals surface area (Å²) in [6.07, 6.45) is 1.04. The maximum atomic E-state index is 12.2. The highest BCUT2D eigenvalue weighted by atomic mass is 16.1. The van der Waals surface area contributed by atoms with Crippen LogP contribution in [-0.4, -0.2) is 12.5 Å². The minimum Gasteiger partial charge on any atom is -0.384 e. The summed E-state index contributed by atoms with van der Waals surface area (Å²) in [5.41, 5.74) is 5.06. The van der Waals surface area contributed by atoms with E-state index in [4.69, 9.17) is 0 Å². The van der Waals surface area contributed by atoms with Crippen molar-refractivity contribution < 1.29 is 4.79 Å². The van der Waals surface area contributed by atoms with E-state index in [0.29, 0.717) is 5.56 Å². The Bertz CT molecular complexity index is 617. The predicted molar refractivity (Wildman–Crippen MR) is 77.8 cm³/mol. The molecular weight excluding hydrogens is 236 g/mol. The van der Waals surface area contributed by atoms with Crippen molar-refractivity contribution in [3.63, 3.8) is 0 Å². The zero-order valence-corrected chi connectivity index (χ0v) is 10.9. The first kappa shape index (κ1) is 11.8. The fraction of sp³-hybridized carbons (Fsp3) is 0.188. The minimum absolute atomic E-state index is 0.0691. The van der Waals surface area contributed by atoms with Crippen LogP contribution in [-0.2, 0) is 6.42 Å². The summed E-state index contributed by atoms with van der Waals surface area (Å²) in [6, 6.07) is 13.6. The van der Waals surface area contributed by atoms with Crippen LogP contribution in [0.4, 0.5) is 11.4 Å². The Morgan fingerprint density at radius 3 is 2.74 bits per heavy atom. The van der Waals surface area contributed by atoms with Gasteiger partial charge in [-0.25, -0.2) is 0 Å². The number of hydrogen-bond acceptors (Lipinski definition) is 2. The van der Waals surface area contributed by atoms with Crippen LogP contribution in [0.2, 0.25) is 0 Å². The summed E-state index contributed by atoms with van der Waals surface area (Å²) in [6.45, 7) is 2.98. The van der Waals surface area contributed by atoms with Crippen molar-refractivity contribution in [1.82, 2.24) is 0 Å². The third-order valence-corrected chi connectivity index (χ3v) is 3.39. The monoisotopic (exact) mass is 252 g/mol. The first-order valence-electron chi connectivity index (χ1n) is 6.47. The van der Waals surface area contributed by atoms with Crippen LogP contribution in [0.5, 0.6) is 0 Å². The van der Waals surface area contributed by atoms with Crippen LogP contribution in [0.3, 0.4) is 0 Å². The van der Waals surface area contributed by atoms with Crippen molar-refractivity contribution in [3.05, 3.63) is 59.2 Å². The molecule has 96 valence electrons. The van der Waals surface area contributed by atoms with Crippen molar-refractivity contribution in [2.45, 2.75) is 13.3 Å². The largest absolute Gasteiger partial charge is 0.384 e. The molecule has 2 aromatic carbocycles. The Kier molecular flexibility index (Phi) is 2.95. The van der Waals surface area contributed by atoms with E-state index >= 15 is 0 Å². The summed E-state index contributed by atoms with van der Waals surface area (Å²) in [5.74, 6) is -0.0691. The molecule has 0 bridgehead atoms. The Morgan fingerprint density at radius 1 is 1.16 bits per heavy atom. The summed E-state index contributed by atoms with van der Waals surface area (Å²) in [7, 11) is 0. The first-order valence-corrected chi connectivity index (χ1v) is 6.47. The van der Waals surface area contributed by atoms with E-state index in [1.165, 1.54) is 11.1 Å². The third-order valence-electron chi connectivity index (χ3n) is 3.39. The molecule has 0 saturated heterocycles. The number of nitrogens with one attached hydrogen (secondary N) is 2. The summed E-state index contributed by atoms with van der Waals surface area (Å²) < 4.78 is 0. The van der Waals surface area contributed by atoms with E-state index in [0.717, 1.165) is 24.3 Å². The van der Waals surface area contributed by atoms with Gasteiger partial charge in [-0.3, -0.25) is 4.79 Å². The lowest BCUT2D eigenvalue weighted by Gasteiger charge is -2.07. The molecule has 0 radical (unpaired) electrons. The molecule has 3 rings (SSSR count). The number of rotatable bonds is 2. The number of aryl methyl sites for hydroxylation is 1. The van der Waals surface area contributed by atoms with Crippen molar-refractivity contribution in [1.29, 1.82) is 0 Å². The Morgan fingerprint density at radius 2 is 1.95 bits per heavy atom. The summed E-state index contributed by atoms with van der Waals surface area (Å²) in [5, 5.41) is 6.20. The second-order valence-electron chi connectivity index (χ2n) is 4.87. The number of carbonyl (C=O) groups excluding carboxylic acids is 1. The lowest BCUT2D eigenvalue weighted by atomic mass is 10.1. The number of fused-ring (bicyclic) bond motifs is 1. The molecule has 0 unspecified atom stereocenters.